The number of ether oxygens (including phenoxy) is 1. The largest absolute Gasteiger partial charge is 0.489 e. The molecule has 0 N–H and O–H groups in total. The van der Waals surface area contributed by atoms with Gasteiger partial charge < -0.3 is 9.64 Å². The van der Waals surface area contributed by atoms with Crippen molar-refractivity contribution in [3.8, 4) is 5.75 Å². The Morgan fingerprint density at radius 1 is 1.30 bits per heavy atom. The molecule has 0 spiro atoms. The first kappa shape index (κ1) is 18.6. The highest BCUT2D eigenvalue weighted by atomic mass is 35.5. The first-order valence-corrected chi connectivity index (χ1v) is 10.8. The van der Waals surface area contributed by atoms with E-state index in [-0.39, 0.29) is 18.2 Å². The second-order valence-electron chi connectivity index (χ2n) is 7.19. The number of nitrogens with zero attached hydrogens (tertiary/aromatic N) is 3. The Morgan fingerprint density at radius 2 is 2.15 bits per heavy atom. The van der Waals surface area contributed by atoms with Gasteiger partial charge in [0.05, 0.1) is 22.9 Å². The number of amidine groups is 1. The Hall–Kier alpha value is -1.72. The maximum atomic E-state index is 6.56. The minimum Gasteiger partial charge on any atom is -0.489 e. The highest BCUT2D eigenvalue weighted by Crippen LogP contribution is 2.49. The highest BCUT2D eigenvalue weighted by Gasteiger charge is 2.45. The topological polar surface area (TPSA) is 37.7 Å². The highest BCUT2D eigenvalue weighted by molar-refractivity contribution is 8.14. The third-order valence-electron chi connectivity index (χ3n) is 4.99. The van der Waals surface area contributed by atoms with Crippen molar-refractivity contribution in [3.63, 3.8) is 0 Å². The normalized spacial score (nSPS) is 24.3. The van der Waals surface area contributed by atoms with Crippen LogP contribution in [-0.2, 0) is 0 Å². The smallest absolute Gasteiger partial charge is 0.160 e. The summed E-state index contributed by atoms with van der Waals surface area (Å²) in [6.45, 7) is 6.25. The first-order valence-electron chi connectivity index (χ1n) is 9.44. The molecule has 0 aliphatic carbocycles. The van der Waals surface area contributed by atoms with E-state index in [1.54, 1.807) is 0 Å². The fourth-order valence-corrected chi connectivity index (χ4v) is 5.33. The van der Waals surface area contributed by atoms with Crippen LogP contribution in [0.3, 0.4) is 0 Å². The van der Waals surface area contributed by atoms with E-state index < -0.39 is 0 Å². The van der Waals surface area contributed by atoms with Crippen molar-refractivity contribution in [2.45, 2.75) is 51.4 Å². The zero-order valence-electron chi connectivity index (χ0n) is 15.8. The molecule has 2 aliphatic rings. The van der Waals surface area contributed by atoms with E-state index in [9.17, 15) is 0 Å². The molecule has 1 saturated heterocycles. The molecule has 1 aromatic carbocycles. The molecule has 0 saturated carbocycles. The van der Waals surface area contributed by atoms with E-state index in [0.29, 0.717) is 11.1 Å². The first-order chi connectivity index (χ1) is 13.1. The third kappa shape index (κ3) is 3.55. The van der Waals surface area contributed by atoms with Crippen LogP contribution in [0, 0.1) is 0 Å². The van der Waals surface area contributed by atoms with Gasteiger partial charge in [0.25, 0.3) is 0 Å². The molecule has 2 aromatic rings. The Balaban J connectivity index is 1.74. The summed E-state index contributed by atoms with van der Waals surface area (Å²) in [6.07, 6.45) is 3.03. The number of pyridine rings is 1. The molecule has 3 atom stereocenters. The van der Waals surface area contributed by atoms with Crippen LogP contribution < -0.4 is 4.74 Å². The maximum absolute atomic E-state index is 6.56. The van der Waals surface area contributed by atoms with Crippen LogP contribution in [0.25, 0.3) is 0 Å². The van der Waals surface area contributed by atoms with Crippen molar-refractivity contribution in [2.75, 3.05) is 5.75 Å². The summed E-state index contributed by atoms with van der Waals surface area (Å²) >= 11 is 8.41. The number of fused-ring (bicyclic) bond motifs is 1. The molecule has 2 aliphatic heterocycles. The third-order valence-corrected chi connectivity index (χ3v) is 6.41. The summed E-state index contributed by atoms with van der Waals surface area (Å²) in [5.41, 5.74) is 2.16. The van der Waals surface area contributed by atoms with Crippen LogP contribution in [-0.4, -0.2) is 33.0 Å². The average Bonchev–Trinajstić information content (AvgIpc) is 3.22. The summed E-state index contributed by atoms with van der Waals surface area (Å²) in [4.78, 5) is 12.1. The van der Waals surface area contributed by atoms with Crippen LogP contribution >= 0.6 is 23.4 Å². The van der Waals surface area contributed by atoms with Gasteiger partial charge in [-0.05, 0) is 50.1 Å². The van der Waals surface area contributed by atoms with Crippen molar-refractivity contribution in [2.24, 2.45) is 4.99 Å². The van der Waals surface area contributed by atoms with Gasteiger partial charge in [-0.25, -0.2) is 0 Å². The molecular formula is C21H24ClN3OS. The number of thioether (sulfide) groups is 1. The SMILES string of the molecule is CC[C@H]1CSC2=N[C@@H](c3ccccn3)[C@@H](c3ccc(OC(C)C)c(Cl)c3)N21. The fraction of sp³-hybridized carbons (Fsp3) is 0.429. The van der Waals surface area contributed by atoms with Gasteiger partial charge in [-0.15, -0.1) is 0 Å². The summed E-state index contributed by atoms with van der Waals surface area (Å²) in [5.74, 6) is 1.81. The summed E-state index contributed by atoms with van der Waals surface area (Å²) in [7, 11) is 0. The summed E-state index contributed by atoms with van der Waals surface area (Å²) in [5, 5.41) is 1.77. The molecule has 4 nitrogen and oxygen atoms in total. The van der Waals surface area contributed by atoms with Gasteiger partial charge in [0.2, 0.25) is 0 Å². The lowest BCUT2D eigenvalue weighted by Gasteiger charge is -2.32. The average molecular weight is 402 g/mol. The number of halogens is 1. The molecule has 0 unspecified atom stereocenters. The van der Waals surface area contributed by atoms with Crippen molar-refractivity contribution >= 4 is 28.5 Å². The van der Waals surface area contributed by atoms with Crippen LogP contribution in [0.5, 0.6) is 5.75 Å². The van der Waals surface area contributed by atoms with Gasteiger partial charge in [-0.2, -0.15) is 0 Å². The molecule has 0 amide bonds. The molecule has 6 heteroatoms. The Bertz CT molecular complexity index is 843. The lowest BCUT2D eigenvalue weighted by molar-refractivity contribution is 0.241. The molecular weight excluding hydrogens is 378 g/mol. The Kier molecular flexibility index (Phi) is 5.33. The number of benzene rings is 1. The maximum Gasteiger partial charge on any atom is 0.160 e. The zero-order valence-corrected chi connectivity index (χ0v) is 17.4. The predicted molar refractivity (Wildman–Crippen MR) is 113 cm³/mol. The van der Waals surface area contributed by atoms with Gasteiger partial charge in [-0.3, -0.25) is 9.98 Å². The van der Waals surface area contributed by atoms with Crippen LogP contribution in [0.4, 0.5) is 0 Å². The molecule has 4 rings (SSSR count). The van der Waals surface area contributed by atoms with E-state index in [2.05, 4.69) is 28.9 Å². The lowest BCUT2D eigenvalue weighted by atomic mass is 9.95. The van der Waals surface area contributed by atoms with Gasteiger partial charge in [0, 0.05) is 18.0 Å². The lowest BCUT2D eigenvalue weighted by Crippen LogP contribution is -2.35. The van der Waals surface area contributed by atoms with Gasteiger partial charge in [0.15, 0.2) is 5.17 Å². The van der Waals surface area contributed by atoms with Crippen LogP contribution in [0.2, 0.25) is 5.02 Å². The number of rotatable bonds is 5. The zero-order chi connectivity index (χ0) is 19.0. The second kappa shape index (κ2) is 7.72. The fourth-order valence-electron chi connectivity index (χ4n) is 3.76. The monoisotopic (exact) mass is 401 g/mol. The van der Waals surface area contributed by atoms with E-state index in [0.717, 1.165) is 34.3 Å². The molecule has 1 fully saturated rings. The quantitative estimate of drug-likeness (QED) is 0.662. The van der Waals surface area contributed by atoms with Crippen molar-refractivity contribution in [1.82, 2.24) is 9.88 Å². The Morgan fingerprint density at radius 3 is 2.81 bits per heavy atom. The van der Waals surface area contributed by atoms with E-state index in [4.69, 9.17) is 21.3 Å². The minimum atomic E-state index is -0.0176. The number of hydrogen-bond acceptors (Lipinski definition) is 5. The van der Waals surface area contributed by atoms with Crippen molar-refractivity contribution < 1.29 is 4.74 Å². The van der Waals surface area contributed by atoms with E-state index >= 15 is 0 Å². The second-order valence-corrected chi connectivity index (χ2v) is 8.59. The molecule has 1 aromatic heterocycles. The van der Waals surface area contributed by atoms with Gasteiger partial charge in [-0.1, -0.05) is 42.4 Å². The van der Waals surface area contributed by atoms with Crippen LogP contribution in [0.15, 0.2) is 47.6 Å². The number of hydrogen-bond donors (Lipinski definition) is 0. The molecule has 0 radical (unpaired) electrons. The molecule has 27 heavy (non-hydrogen) atoms. The van der Waals surface area contributed by atoms with E-state index in [1.807, 2.05) is 56.1 Å². The van der Waals surface area contributed by atoms with Crippen molar-refractivity contribution in [1.29, 1.82) is 0 Å². The van der Waals surface area contributed by atoms with Gasteiger partial charge in [0.1, 0.15) is 11.8 Å². The van der Waals surface area contributed by atoms with Crippen molar-refractivity contribution in [3.05, 3.63) is 58.9 Å². The number of aromatic nitrogens is 1. The minimum absolute atomic E-state index is 0.0176. The standard InChI is InChI=1S/C21H24ClN3OS/c1-4-15-12-27-21-24-19(17-7-5-6-10-23-17)20(25(15)21)14-8-9-18(16(22)11-14)26-13(2)3/h5-11,13,15,19-20H,4,12H2,1-3H3/t15-,19-,20+/m0/s1. The molecule has 3 heterocycles. The van der Waals surface area contributed by atoms with E-state index in [1.165, 1.54) is 0 Å². The molecule has 142 valence electrons. The predicted octanol–water partition coefficient (Wildman–Crippen LogP) is 5.50. The number of aliphatic imine (C=N–C) groups is 1. The Labute approximate surface area is 170 Å². The summed E-state index contributed by atoms with van der Waals surface area (Å²) < 4.78 is 5.81. The summed E-state index contributed by atoms with van der Waals surface area (Å²) in [6, 6.07) is 12.8. The molecule has 0 bridgehead atoms. The van der Waals surface area contributed by atoms with Gasteiger partial charge >= 0.3 is 0 Å². The van der Waals surface area contributed by atoms with Crippen LogP contribution in [0.1, 0.15) is 50.5 Å².